The highest BCUT2D eigenvalue weighted by Crippen LogP contribution is 2.25. The predicted molar refractivity (Wildman–Crippen MR) is 76.3 cm³/mol. The Morgan fingerprint density at radius 1 is 1.42 bits per heavy atom. The summed E-state index contributed by atoms with van der Waals surface area (Å²) in [6, 6.07) is 9.54. The lowest BCUT2D eigenvalue weighted by molar-refractivity contribution is 0.0692. The molecule has 0 bridgehead atoms. The molecule has 0 amide bonds. The smallest absolute Gasteiger partial charge is 0.338 e. The van der Waals surface area contributed by atoms with Crippen molar-refractivity contribution in [2.45, 2.75) is 17.7 Å². The highest BCUT2D eigenvalue weighted by molar-refractivity contribution is 7.98. The minimum absolute atomic E-state index is 0.151. The first kappa shape index (κ1) is 13.4. The van der Waals surface area contributed by atoms with Gasteiger partial charge in [-0.3, -0.25) is 0 Å². The summed E-state index contributed by atoms with van der Waals surface area (Å²) in [4.78, 5) is 15.2. The molecule has 0 atom stereocenters. The summed E-state index contributed by atoms with van der Waals surface area (Å²) in [6.45, 7) is 2.03. The first-order chi connectivity index (χ1) is 9.06. The van der Waals surface area contributed by atoms with Gasteiger partial charge in [-0.25, -0.2) is 9.78 Å². The second kappa shape index (κ2) is 5.75. The number of carboxylic acid groups (broad SMARTS) is 1. The standard InChI is InChI=1S/C14H14N2O2S/c1-9-3-2-4-10(5-9)8-19-13-12(14(17)18)6-11(15)7-16-13/h2-7H,8,15H2,1H3,(H,17,18). The Morgan fingerprint density at radius 2 is 2.21 bits per heavy atom. The third-order valence-electron chi connectivity index (χ3n) is 2.56. The lowest BCUT2D eigenvalue weighted by atomic mass is 10.2. The molecule has 0 radical (unpaired) electrons. The first-order valence-corrected chi connectivity index (χ1v) is 6.72. The molecule has 0 aliphatic heterocycles. The van der Waals surface area contributed by atoms with Crippen molar-refractivity contribution >= 4 is 23.4 Å². The Balaban J connectivity index is 2.17. The van der Waals surface area contributed by atoms with E-state index in [1.807, 2.05) is 25.1 Å². The number of pyridine rings is 1. The maximum Gasteiger partial charge on any atom is 0.338 e. The molecule has 1 aromatic heterocycles. The summed E-state index contributed by atoms with van der Waals surface area (Å²) in [6.07, 6.45) is 1.48. The van der Waals surface area contributed by atoms with Crippen molar-refractivity contribution in [2.24, 2.45) is 0 Å². The zero-order valence-electron chi connectivity index (χ0n) is 10.5. The van der Waals surface area contributed by atoms with Gasteiger partial charge < -0.3 is 10.8 Å². The highest BCUT2D eigenvalue weighted by atomic mass is 32.2. The second-order valence-electron chi connectivity index (χ2n) is 4.20. The lowest BCUT2D eigenvalue weighted by Crippen LogP contribution is -2.02. The third-order valence-corrected chi connectivity index (χ3v) is 3.64. The van der Waals surface area contributed by atoms with E-state index in [9.17, 15) is 4.79 Å². The monoisotopic (exact) mass is 274 g/mol. The average Bonchev–Trinajstić information content (AvgIpc) is 2.37. The van der Waals surface area contributed by atoms with Gasteiger partial charge in [0.05, 0.1) is 17.4 Å². The molecule has 1 aromatic carbocycles. The molecule has 19 heavy (non-hydrogen) atoms. The number of carboxylic acids is 1. The molecule has 2 aromatic rings. The van der Waals surface area contributed by atoms with Crippen molar-refractivity contribution in [2.75, 3.05) is 5.73 Å². The second-order valence-corrected chi connectivity index (χ2v) is 5.17. The fraction of sp³-hybridized carbons (Fsp3) is 0.143. The van der Waals surface area contributed by atoms with Gasteiger partial charge in [-0.1, -0.05) is 29.8 Å². The molecule has 0 saturated heterocycles. The topological polar surface area (TPSA) is 76.2 Å². The summed E-state index contributed by atoms with van der Waals surface area (Å²) in [5.74, 6) is -0.328. The van der Waals surface area contributed by atoms with Crippen molar-refractivity contribution < 1.29 is 9.90 Å². The van der Waals surface area contributed by atoms with Gasteiger partial charge in [0, 0.05) is 5.75 Å². The molecule has 0 spiro atoms. The van der Waals surface area contributed by atoms with Gasteiger partial charge in [0.2, 0.25) is 0 Å². The number of aromatic nitrogens is 1. The minimum atomic E-state index is -1.01. The number of aryl methyl sites for hydroxylation is 1. The molecular formula is C14H14N2O2S. The van der Waals surface area contributed by atoms with E-state index >= 15 is 0 Å². The van der Waals surface area contributed by atoms with Gasteiger partial charge in [0.25, 0.3) is 0 Å². The van der Waals surface area contributed by atoms with Gasteiger partial charge in [-0.05, 0) is 18.6 Å². The number of hydrogen-bond donors (Lipinski definition) is 2. The molecule has 1 heterocycles. The van der Waals surface area contributed by atoms with Crippen LogP contribution in [0.1, 0.15) is 21.5 Å². The Bertz CT molecular complexity index is 614. The number of nitrogens with two attached hydrogens (primary N) is 1. The first-order valence-electron chi connectivity index (χ1n) is 5.73. The number of hydrogen-bond acceptors (Lipinski definition) is 4. The van der Waals surface area contributed by atoms with Crippen LogP contribution in [0, 0.1) is 6.92 Å². The molecule has 3 N–H and O–H groups in total. The predicted octanol–water partition coefficient (Wildman–Crippen LogP) is 2.96. The summed E-state index contributed by atoms with van der Waals surface area (Å²) in [5.41, 5.74) is 8.39. The van der Waals surface area contributed by atoms with Crippen molar-refractivity contribution in [1.29, 1.82) is 0 Å². The fourth-order valence-electron chi connectivity index (χ4n) is 1.69. The van der Waals surface area contributed by atoms with E-state index in [-0.39, 0.29) is 5.56 Å². The fourth-order valence-corrected chi connectivity index (χ4v) is 2.60. The largest absolute Gasteiger partial charge is 0.478 e. The number of carbonyl (C=O) groups is 1. The molecule has 0 fully saturated rings. The van der Waals surface area contributed by atoms with E-state index in [1.54, 1.807) is 0 Å². The molecule has 98 valence electrons. The van der Waals surface area contributed by atoms with Crippen LogP contribution < -0.4 is 5.73 Å². The van der Waals surface area contributed by atoms with Crippen molar-refractivity contribution in [3.8, 4) is 0 Å². The zero-order valence-corrected chi connectivity index (χ0v) is 11.3. The number of rotatable bonds is 4. The molecule has 0 unspecified atom stereocenters. The van der Waals surface area contributed by atoms with Crippen molar-refractivity contribution in [1.82, 2.24) is 4.98 Å². The molecule has 5 heteroatoms. The number of anilines is 1. The molecule has 0 saturated carbocycles. The van der Waals surface area contributed by atoms with Crippen molar-refractivity contribution in [3.05, 3.63) is 53.2 Å². The number of nitrogen functional groups attached to an aromatic ring is 1. The Kier molecular flexibility index (Phi) is 4.06. The van der Waals surface area contributed by atoms with Crippen LogP contribution in [-0.4, -0.2) is 16.1 Å². The summed E-state index contributed by atoms with van der Waals surface area (Å²) in [7, 11) is 0. The molecule has 0 aliphatic carbocycles. The summed E-state index contributed by atoms with van der Waals surface area (Å²) >= 11 is 1.40. The quantitative estimate of drug-likeness (QED) is 0.838. The lowest BCUT2D eigenvalue weighted by Gasteiger charge is -2.06. The third kappa shape index (κ3) is 3.48. The van der Waals surface area contributed by atoms with Crippen LogP contribution in [0.2, 0.25) is 0 Å². The summed E-state index contributed by atoms with van der Waals surface area (Å²) < 4.78 is 0. The van der Waals surface area contributed by atoms with Gasteiger partial charge in [0.15, 0.2) is 0 Å². The maximum atomic E-state index is 11.1. The minimum Gasteiger partial charge on any atom is -0.478 e. The number of thioether (sulfide) groups is 1. The Hall–Kier alpha value is -2.01. The zero-order chi connectivity index (χ0) is 13.8. The van der Waals surface area contributed by atoms with E-state index in [4.69, 9.17) is 10.8 Å². The molecule has 0 aliphatic rings. The summed E-state index contributed by atoms with van der Waals surface area (Å²) in [5, 5.41) is 9.61. The van der Waals surface area contributed by atoms with Crippen LogP contribution in [-0.2, 0) is 5.75 Å². The van der Waals surface area contributed by atoms with Crippen LogP contribution in [0.15, 0.2) is 41.6 Å². The molecular weight excluding hydrogens is 260 g/mol. The van der Waals surface area contributed by atoms with Crippen LogP contribution in [0.4, 0.5) is 5.69 Å². The SMILES string of the molecule is Cc1cccc(CSc2ncc(N)cc2C(=O)O)c1. The average molecular weight is 274 g/mol. The van der Waals surface area contributed by atoms with Crippen molar-refractivity contribution in [3.63, 3.8) is 0 Å². The van der Waals surface area contributed by atoms with Crippen LogP contribution in [0.5, 0.6) is 0 Å². The maximum absolute atomic E-state index is 11.1. The van der Waals surface area contributed by atoms with Crippen LogP contribution in [0.3, 0.4) is 0 Å². The number of aromatic carboxylic acids is 1. The van der Waals surface area contributed by atoms with Gasteiger partial charge in [0.1, 0.15) is 5.03 Å². The van der Waals surface area contributed by atoms with Crippen LogP contribution in [0.25, 0.3) is 0 Å². The van der Waals surface area contributed by atoms with Gasteiger partial charge in [-0.15, -0.1) is 11.8 Å². The van der Waals surface area contributed by atoms with E-state index in [1.165, 1.54) is 29.6 Å². The van der Waals surface area contributed by atoms with E-state index in [2.05, 4.69) is 11.1 Å². The Morgan fingerprint density at radius 3 is 2.89 bits per heavy atom. The Labute approximate surface area is 115 Å². The highest BCUT2D eigenvalue weighted by Gasteiger charge is 2.12. The van der Waals surface area contributed by atoms with Gasteiger partial charge in [-0.2, -0.15) is 0 Å². The van der Waals surface area contributed by atoms with E-state index in [0.29, 0.717) is 16.5 Å². The van der Waals surface area contributed by atoms with Crippen LogP contribution >= 0.6 is 11.8 Å². The molecule has 2 rings (SSSR count). The number of nitrogens with zero attached hydrogens (tertiary/aromatic N) is 1. The molecule has 4 nitrogen and oxygen atoms in total. The van der Waals surface area contributed by atoms with E-state index < -0.39 is 5.97 Å². The van der Waals surface area contributed by atoms with E-state index in [0.717, 1.165) is 5.56 Å². The van der Waals surface area contributed by atoms with Gasteiger partial charge >= 0.3 is 5.97 Å². The normalized spacial score (nSPS) is 10.4. The number of benzene rings is 1.